The number of hydrogen-bond donors (Lipinski definition) is 0. The van der Waals surface area contributed by atoms with Crippen LogP contribution in [0.1, 0.15) is 37.9 Å². The molecule has 9 nitrogen and oxygen atoms in total. The number of likely N-dealkylation sites (tertiary alicyclic amines) is 1. The molecule has 0 unspecified atom stereocenters. The number of aryl methyl sites for hydroxylation is 1. The highest BCUT2D eigenvalue weighted by molar-refractivity contribution is 5.98. The number of pyridine rings is 2. The third kappa shape index (κ3) is 5.70. The third-order valence-electron chi connectivity index (χ3n) is 6.21. The van der Waals surface area contributed by atoms with Crippen molar-refractivity contribution in [3.05, 3.63) is 47.8 Å². The van der Waals surface area contributed by atoms with E-state index in [4.69, 9.17) is 4.74 Å². The molecule has 0 bridgehead atoms. The second-order valence-corrected chi connectivity index (χ2v) is 9.69. The highest BCUT2D eigenvalue weighted by Gasteiger charge is 2.37. The number of imide groups is 1. The zero-order chi connectivity index (χ0) is 24.3. The number of rotatable bonds is 5. The van der Waals surface area contributed by atoms with Crippen molar-refractivity contribution in [1.29, 1.82) is 0 Å². The lowest BCUT2D eigenvalue weighted by molar-refractivity contribution is -0.152. The molecule has 4 rings (SSSR count). The number of nitrogens with zero attached hydrogens (tertiary/aromatic N) is 5. The van der Waals surface area contributed by atoms with Gasteiger partial charge in [0.1, 0.15) is 5.82 Å². The Hall–Kier alpha value is -3.49. The monoisotopic (exact) mass is 465 g/mol. The maximum atomic E-state index is 12.6. The molecule has 2 aromatic rings. The molecule has 0 N–H and O–H groups in total. The fraction of sp³-hybridized carbons (Fsp3) is 0.480. The summed E-state index contributed by atoms with van der Waals surface area (Å²) in [6.07, 6.45) is 2.45. The molecule has 4 heterocycles. The van der Waals surface area contributed by atoms with Gasteiger partial charge in [-0.05, 0) is 36.5 Å². The smallest absolute Gasteiger partial charge is 0.391 e. The average Bonchev–Trinajstić information content (AvgIpc) is 2.79. The summed E-state index contributed by atoms with van der Waals surface area (Å²) in [5.41, 5.74) is 1.55. The molecule has 0 atom stereocenters. The average molecular weight is 466 g/mol. The molecule has 2 saturated heterocycles. The fourth-order valence-electron chi connectivity index (χ4n) is 4.30. The third-order valence-corrected chi connectivity index (χ3v) is 6.21. The summed E-state index contributed by atoms with van der Waals surface area (Å²) in [4.78, 5) is 51.1. The first-order valence-corrected chi connectivity index (χ1v) is 11.6. The molecule has 3 amide bonds. The number of amides is 3. The Morgan fingerprint density at radius 3 is 2.35 bits per heavy atom. The van der Waals surface area contributed by atoms with Gasteiger partial charge in [-0.1, -0.05) is 26.0 Å². The van der Waals surface area contributed by atoms with Gasteiger partial charge in [0, 0.05) is 63.5 Å². The van der Waals surface area contributed by atoms with Crippen molar-refractivity contribution >= 4 is 23.7 Å². The van der Waals surface area contributed by atoms with Crippen LogP contribution in [-0.2, 0) is 16.0 Å². The number of carbonyl (C=O) groups excluding carboxylic acids is 3. The minimum Gasteiger partial charge on any atom is -0.391 e. The Morgan fingerprint density at radius 1 is 1.03 bits per heavy atom. The number of carbonyl (C=O) groups is 3. The zero-order valence-electron chi connectivity index (χ0n) is 20.0. The number of hydrogen-bond acceptors (Lipinski definition) is 7. The second-order valence-electron chi connectivity index (χ2n) is 9.69. The Morgan fingerprint density at radius 2 is 1.74 bits per heavy atom. The van der Waals surface area contributed by atoms with Crippen LogP contribution in [-0.4, -0.2) is 70.4 Å². The summed E-state index contributed by atoms with van der Waals surface area (Å²) >= 11 is 0. The van der Waals surface area contributed by atoms with Crippen molar-refractivity contribution in [3.8, 4) is 5.88 Å². The van der Waals surface area contributed by atoms with Crippen LogP contribution in [0.3, 0.4) is 0 Å². The van der Waals surface area contributed by atoms with Gasteiger partial charge in [-0.15, -0.1) is 0 Å². The van der Waals surface area contributed by atoms with Crippen LogP contribution < -0.4 is 9.64 Å². The summed E-state index contributed by atoms with van der Waals surface area (Å²) in [6, 6.07) is 9.37. The number of ether oxygens (including phenoxy) is 1. The van der Waals surface area contributed by atoms with Gasteiger partial charge in [-0.2, -0.15) is 0 Å². The van der Waals surface area contributed by atoms with E-state index in [0.29, 0.717) is 52.0 Å². The predicted octanol–water partition coefficient (Wildman–Crippen LogP) is 2.82. The van der Waals surface area contributed by atoms with Crippen molar-refractivity contribution in [3.63, 3.8) is 0 Å². The SMILES string of the molecule is Cc1cccc(N2CCN(C(=O)Oc3ccc(CCN4C(=O)CC(C)(C)CC4=O)cn3)CC2)n1. The summed E-state index contributed by atoms with van der Waals surface area (Å²) in [7, 11) is 0. The van der Waals surface area contributed by atoms with Gasteiger partial charge in [0.2, 0.25) is 17.7 Å². The molecule has 34 heavy (non-hydrogen) atoms. The summed E-state index contributed by atoms with van der Waals surface area (Å²) in [5, 5.41) is 0. The maximum Gasteiger partial charge on any atom is 0.416 e. The topological polar surface area (TPSA) is 95.9 Å². The van der Waals surface area contributed by atoms with Crippen molar-refractivity contribution in [2.24, 2.45) is 5.41 Å². The van der Waals surface area contributed by atoms with E-state index in [1.54, 1.807) is 23.2 Å². The fourth-order valence-corrected chi connectivity index (χ4v) is 4.30. The molecule has 180 valence electrons. The molecule has 0 saturated carbocycles. The molecule has 0 aliphatic carbocycles. The van der Waals surface area contributed by atoms with Crippen LogP contribution in [0.25, 0.3) is 0 Å². The van der Waals surface area contributed by atoms with Crippen molar-refractivity contribution in [1.82, 2.24) is 19.8 Å². The second kappa shape index (κ2) is 9.79. The Balaban J connectivity index is 1.25. The lowest BCUT2D eigenvalue weighted by Gasteiger charge is -2.34. The van der Waals surface area contributed by atoms with Crippen LogP contribution >= 0.6 is 0 Å². The summed E-state index contributed by atoms with van der Waals surface area (Å²) in [6.45, 7) is 8.61. The molecular formula is C25H31N5O4. The van der Waals surface area contributed by atoms with E-state index in [2.05, 4.69) is 14.9 Å². The maximum absolute atomic E-state index is 12.6. The summed E-state index contributed by atoms with van der Waals surface area (Å²) < 4.78 is 5.44. The van der Waals surface area contributed by atoms with Crippen molar-refractivity contribution in [2.45, 2.75) is 40.0 Å². The summed E-state index contributed by atoms with van der Waals surface area (Å²) in [5.74, 6) is 0.890. The van der Waals surface area contributed by atoms with Gasteiger partial charge in [0.05, 0.1) is 0 Å². The molecule has 0 radical (unpaired) electrons. The van der Waals surface area contributed by atoms with E-state index in [9.17, 15) is 14.4 Å². The molecule has 9 heteroatoms. The largest absolute Gasteiger partial charge is 0.416 e. The van der Waals surface area contributed by atoms with E-state index in [1.165, 1.54) is 4.90 Å². The van der Waals surface area contributed by atoms with Gasteiger partial charge in [-0.3, -0.25) is 14.5 Å². The molecule has 2 fully saturated rings. The first-order valence-electron chi connectivity index (χ1n) is 11.6. The highest BCUT2D eigenvalue weighted by Crippen LogP contribution is 2.31. The van der Waals surface area contributed by atoms with Gasteiger partial charge in [0.25, 0.3) is 0 Å². The minimum absolute atomic E-state index is 0.127. The van der Waals surface area contributed by atoms with E-state index in [0.717, 1.165) is 17.1 Å². The number of piperidine rings is 1. The molecule has 0 spiro atoms. The van der Waals surface area contributed by atoms with E-state index in [1.807, 2.05) is 39.0 Å². The van der Waals surface area contributed by atoms with Gasteiger partial charge in [-0.25, -0.2) is 14.8 Å². The lowest BCUT2D eigenvalue weighted by Crippen LogP contribution is -2.50. The normalized spacial score (nSPS) is 18.3. The van der Waals surface area contributed by atoms with Crippen LogP contribution in [0.2, 0.25) is 0 Å². The zero-order valence-corrected chi connectivity index (χ0v) is 20.0. The number of anilines is 1. The quantitative estimate of drug-likeness (QED) is 0.627. The van der Waals surface area contributed by atoms with Crippen LogP contribution in [0, 0.1) is 12.3 Å². The molecule has 2 aromatic heterocycles. The standard InChI is InChI=1S/C25H31N5O4/c1-18-5-4-6-20(27-18)28-11-13-29(14-12-28)24(33)34-21-8-7-19(17-26-21)9-10-30-22(31)15-25(2,3)16-23(30)32/h4-8,17H,9-16H2,1-3H3. The molecular weight excluding hydrogens is 434 g/mol. The predicted molar refractivity (Wildman–Crippen MR) is 126 cm³/mol. The Kier molecular flexibility index (Phi) is 6.81. The minimum atomic E-state index is -0.427. The van der Waals surface area contributed by atoms with E-state index in [-0.39, 0.29) is 23.1 Å². The molecule has 2 aliphatic heterocycles. The number of piperazine rings is 1. The Bertz CT molecular complexity index is 1040. The van der Waals surface area contributed by atoms with Crippen LogP contribution in [0.4, 0.5) is 10.6 Å². The number of aromatic nitrogens is 2. The van der Waals surface area contributed by atoms with E-state index < -0.39 is 6.09 Å². The van der Waals surface area contributed by atoms with Gasteiger partial charge < -0.3 is 14.5 Å². The first kappa shape index (κ1) is 23.7. The van der Waals surface area contributed by atoms with Gasteiger partial charge in [0.15, 0.2) is 0 Å². The van der Waals surface area contributed by atoms with E-state index >= 15 is 0 Å². The van der Waals surface area contributed by atoms with Crippen LogP contribution in [0.15, 0.2) is 36.5 Å². The lowest BCUT2D eigenvalue weighted by atomic mass is 9.81. The van der Waals surface area contributed by atoms with Crippen molar-refractivity contribution in [2.75, 3.05) is 37.6 Å². The van der Waals surface area contributed by atoms with Crippen molar-refractivity contribution < 1.29 is 19.1 Å². The molecule has 2 aliphatic rings. The van der Waals surface area contributed by atoms with Gasteiger partial charge >= 0.3 is 6.09 Å². The van der Waals surface area contributed by atoms with Crippen LogP contribution in [0.5, 0.6) is 5.88 Å². The highest BCUT2D eigenvalue weighted by atomic mass is 16.6. The molecule has 0 aromatic carbocycles. The Labute approximate surface area is 199 Å². The first-order chi connectivity index (χ1) is 16.2.